The fourth-order valence-corrected chi connectivity index (χ4v) is 3.12. The van der Waals surface area contributed by atoms with E-state index in [2.05, 4.69) is 0 Å². The number of halogens is 1. The maximum absolute atomic E-state index is 12.7. The van der Waals surface area contributed by atoms with E-state index in [9.17, 15) is 9.59 Å². The Labute approximate surface area is 156 Å². The summed E-state index contributed by atoms with van der Waals surface area (Å²) in [7, 11) is 1.41. The van der Waals surface area contributed by atoms with Crippen LogP contribution in [0.15, 0.2) is 36.4 Å². The number of anilines is 2. The summed E-state index contributed by atoms with van der Waals surface area (Å²) < 4.78 is 10.5. The van der Waals surface area contributed by atoms with Crippen LogP contribution < -0.4 is 15.4 Å². The number of nitrogens with two attached hydrogens (primary N) is 1. The number of rotatable bonds is 4. The van der Waals surface area contributed by atoms with Crippen molar-refractivity contribution in [3.63, 3.8) is 0 Å². The third kappa shape index (κ3) is 3.32. The molecular weight excluding hydrogens is 356 g/mol. The molecule has 0 spiro atoms. The Kier molecular flexibility index (Phi) is 5.04. The predicted octanol–water partition coefficient (Wildman–Crippen LogP) is 3.07. The van der Waals surface area contributed by atoms with Gasteiger partial charge in [0.2, 0.25) is 0 Å². The Morgan fingerprint density at radius 1 is 1.27 bits per heavy atom. The number of carbonyl (C=O) groups excluding carboxylic acids is 2. The number of nitrogen functional groups attached to an aromatic ring is 1. The van der Waals surface area contributed by atoms with Crippen LogP contribution in [0.1, 0.15) is 22.8 Å². The highest BCUT2D eigenvalue weighted by Gasteiger charge is 2.30. The Balaban J connectivity index is 1.76. The van der Waals surface area contributed by atoms with Crippen LogP contribution in [0, 0.1) is 0 Å². The molecule has 1 heterocycles. The van der Waals surface area contributed by atoms with Crippen LogP contribution in [0.4, 0.5) is 11.4 Å². The first-order valence-corrected chi connectivity index (χ1v) is 8.53. The molecule has 0 radical (unpaired) electrons. The lowest BCUT2D eigenvalue weighted by atomic mass is 10.1. The molecule has 1 aliphatic rings. The summed E-state index contributed by atoms with van der Waals surface area (Å²) in [5.74, 6) is -0.732. The normalized spacial score (nSPS) is 13.9. The van der Waals surface area contributed by atoms with Crippen LogP contribution in [-0.2, 0) is 16.0 Å². The van der Waals surface area contributed by atoms with Gasteiger partial charge in [-0.05, 0) is 31.0 Å². The largest absolute Gasteiger partial charge is 0.496 e. The molecule has 0 aromatic heterocycles. The van der Waals surface area contributed by atoms with Gasteiger partial charge in [0.1, 0.15) is 11.3 Å². The van der Waals surface area contributed by atoms with Crippen LogP contribution in [-0.4, -0.2) is 31.6 Å². The zero-order valence-corrected chi connectivity index (χ0v) is 15.2. The lowest BCUT2D eigenvalue weighted by Gasteiger charge is -2.22. The Bertz CT molecular complexity index is 869. The topological polar surface area (TPSA) is 81.9 Å². The second kappa shape index (κ2) is 7.25. The molecule has 0 fully saturated rings. The first-order chi connectivity index (χ1) is 12.4. The molecule has 1 aliphatic heterocycles. The first-order valence-electron chi connectivity index (χ1n) is 8.15. The summed E-state index contributed by atoms with van der Waals surface area (Å²) in [5.41, 5.74) is 8.08. The predicted molar refractivity (Wildman–Crippen MR) is 99.8 cm³/mol. The first kappa shape index (κ1) is 18.1. The van der Waals surface area contributed by atoms with Crippen molar-refractivity contribution < 1.29 is 19.1 Å². The van der Waals surface area contributed by atoms with Gasteiger partial charge in [-0.3, -0.25) is 4.79 Å². The molecule has 7 heteroatoms. The number of para-hydroxylation sites is 1. The summed E-state index contributed by atoms with van der Waals surface area (Å²) in [6.45, 7) is 2.11. The molecule has 0 saturated heterocycles. The zero-order chi connectivity index (χ0) is 18.8. The van der Waals surface area contributed by atoms with E-state index in [-0.39, 0.29) is 27.9 Å². The molecule has 3 rings (SSSR count). The number of ether oxygens (including phenoxy) is 2. The second-order valence-corrected chi connectivity index (χ2v) is 6.40. The molecule has 0 aliphatic carbocycles. The van der Waals surface area contributed by atoms with Crippen LogP contribution in [0.5, 0.6) is 5.75 Å². The van der Waals surface area contributed by atoms with Crippen LogP contribution >= 0.6 is 11.6 Å². The third-order valence-electron chi connectivity index (χ3n) is 4.32. The fourth-order valence-electron chi connectivity index (χ4n) is 2.96. The fraction of sp³-hybridized carbons (Fsp3) is 0.263. The monoisotopic (exact) mass is 374 g/mol. The number of benzene rings is 2. The quantitative estimate of drug-likeness (QED) is 0.657. The number of nitrogens with zero attached hydrogens (tertiary/aromatic N) is 1. The second-order valence-electron chi connectivity index (χ2n) is 5.99. The lowest BCUT2D eigenvalue weighted by Crippen LogP contribution is -2.39. The molecule has 1 atom stereocenters. The number of hydrogen-bond acceptors (Lipinski definition) is 5. The Morgan fingerprint density at radius 3 is 2.73 bits per heavy atom. The standard InChI is InChI=1S/C19H19ClN2O4/c1-11(18(23)22-8-7-12-5-3-4-6-16(12)22)26-19(24)13-9-14(20)15(21)10-17(13)25-2/h3-6,9-11H,7-8,21H2,1-2H3. The molecule has 0 bridgehead atoms. The van der Waals surface area contributed by atoms with Crippen molar-refractivity contribution in [2.75, 3.05) is 24.3 Å². The van der Waals surface area contributed by atoms with Crippen molar-refractivity contribution >= 4 is 34.9 Å². The summed E-state index contributed by atoms with van der Waals surface area (Å²) in [6, 6.07) is 10.5. The van der Waals surface area contributed by atoms with Gasteiger partial charge in [0.25, 0.3) is 5.91 Å². The molecule has 1 unspecified atom stereocenters. The number of methoxy groups -OCH3 is 1. The maximum atomic E-state index is 12.7. The molecule has 136 valence electrons. The Morgan fingerprint density at radius 2 is 2.00 bits per heavy atom. The molecule has 0 saturated carbocycles. The van der Waals surface area contributed by atoms with Gasteiger partial charge in [-0.15, -0.1) is 0 Å². The summed E-state index contributed by atoms with van der Waals surface area (Å²) in [6.07, 6.45) is -0.168. The smallest absolute Gasteiger partial charge is 0.342 e. The van der Waals surface area contributed by atoms with E-state index in [0.717, 1.165) is 17.7 Å². The highest BCUT2D eigenvalue weighted by molar-refractivity contribution is 6.33. The van der Waals surface area contributed by atoms with Gasteiger partial charge in [-0.1, -0.05) is 29.8 Å². The third-order valence-corrected chi connectivity index (χ3v) is 4.65. The van der Waals surface area contributed by atoms with Gasteiger partial charge in [0, 0.05) is 18.3 Å². The molecule has 2 N–H and O–H groups in total. The van der Waals surface area contributed by atoms with E-state index in [1.165, 1.54) is 19.2 Å². The van der Waals surface area contributed by atoms with Gasteiger partial charge < -0.3 is 20.1 Å². The van der Waals surface area contributed by atoms with E-state index in [1.807, 2.05) is 24.3 Å². The summed E-state index contributed by atoms with van der Waals surface area (Å²) in [4.78, 5) is 26.9. The minimum absolute atomic E-state index is 0.119. The molecule has 1 amide bonds. The average Bonchev–Trinajstić information content (AvgIpc) is 3.06. The van der Waals surface area contributed by atoms with Crippen molar-refractivity contribution in [1.29, 1.82) is 0 Å². The lowest BCUT2D eigenvalue weighted by molar-refractivity contribution is -0.126. The summed E-state index contributed by atoms with van der Waals surface area (Å²) in [5, 5.41) is 0.213. The minimum Gasteiger partial charge on any atom is -0.496 e. The molecule has 26 heavy (non-hydrogen) atoms. The molecule has 2 aromatic rings. The van der Waals surface area contributed by atoms with Gasteiger partial charge in [0.15, 0.2) is 6.10 Å². The maximum Gasteiger partial charge on any atom is 0.342 e. The van der Waals surface area contributed by atoms with Crippen molar-refractivity contribution in [3.8, 4) is 5.75 Å². The Hall–Kier alpha value is -2.73. The summed E-state index contributed by atoms with van der Waals surface area (Å²) >= 11 is 5.98. The number of carbonyl (C=O) groups is 2. The minimum atomic E-state index is -0.949. The van der Waals surface area contributed by atoms with Gasteiger partial charge >= 0.3 is 5.97 Å². The van der Waals surface area contributed by atoms with E-state index < -0.39 is 12.1 Å². The molecule has 6 nitrogen and oxygen atoms in total. The van der Waals surface area contributed by atoms with E-state index in [0.29, 0.717) is 6.54 Å². The zero-order valence-electron chi connectivity index (χ0n) is 14.5. The van der Waals surface area contributed by atoms with Crippen molar-refractivity contribution in [3.05, 3.63) is 52.5 Å². The van der Waals surface area contributed by atoms with Crippen molar-refractivity contribution in [2.24, 2.45) is 0 Å². The van der Waals surface area contributed by atoms with E-state index >= 15 is 0 Å². The average molecular weight is 375 g/mol. The van der Waals surface area contributed by atoms with Crippen molar-refractivity contribution in [1.82, 2.24) is 0 Å². The van der Waals surface area contributed by atoms with Gasteiger partial charge in [0.05, 0.1) is 17.8 Å². The highest BCUT2D eigenvalue weighted by Crippen LogP contribution is 2.31. The highest BCUT2D eigenvalue weighted by atomic mass is 35.5. The van der Waals surface area contributed by atoms with Crippen molar-refractivity contribution in [2.45, 2.75) is 19.4 Å². The van der Waals surface area contributed by atoms with Crippen LogP contribution in [0.3, 0.4) is 0 Å². The number of hydrogen-bond donors (Lipinski definition) is 1. The number of amides is 1. The van der Waals surface area contributed by atoms with E-state index in [1.54, 1.807) is 11.8 Å². The SMILES string of the molecule is COc1cc(N)c(Cl)cc1C(=O)OC(C)C(=O)N1CCc2ccccc21. The number of esters is 1. The molecular formula is C19H19ClN2O4. The molecule has 2 aromatic carbocycles. The van der Waals surface area contributed by atoms with Gasteiger partial charge in [-0.25, -0.2) is 4.79 Å². The van der Waals surface area contributed by atoms with Gasteiger partial charge in [-0.2, -0.15) is 0 Å². The van der Waals surface area contributed by atoms with E-state index in [4.69, 9.17) is 26.8 Å². The van der Waals surface area contributed by atoms with Crippen LogP contribution in [0.2, 0.25) is 5.02 Å². The number of fused-ring (bicyclic) bond motifs is 1. The van der Waals surface area contributed by atoms with Crippen LogP contribution in [0.25, 0.3) is 0 Å².